The van der Waals surface area contributed by atoms with E-state index in [-0.39, 0.29) is 0 Å². The van der Waals surface area contributed by atoms with Crippen LogP contribution >= 0.6 is 34.8 Å². The molecule has 0 N–H and O–H groups in total. The van der Waals surface area contributed by atoms with Gasteiger partial charge in [-0.15, -0.1) is 0 Å². The number of hydrogen-bond acceptors (Lipinski definition) is 3. The lowest BCUT2D eigenvalue weighted by atomic mass is 10.1. The van der Waals surface area contributed by atoms with E-state index in [1.807, 2.05) is 26.0 Å². The van der Waals surface area contributed by atoms with E-state index < -0.39 is 0 Å². The summed E-state index contributed by atoms with van der Waals surface area (Å²) >= 11 is 18.4. The number of ether oxygens (including phenoxy) is 1. The summed E-state index contributed by atoms with van der Waals surface area (Å²) in [6, 6.07) is 5.40. The molecule has 1 aromatic heterocycles. The maximum Gasteiger partial charge on any atom is 0.153 e. The highest BCUT2D eigenvalue weighted by atomic mass is 35.5. The van der Waals surface area contributed by atoms with Gasteiger partial charge < -0.3 is 4.74 Å². The first-order chi connectivity index (χ1) is 9.54. The van der Waals surface area contributed by atoms with Gasteiger partial charge in [0.05, 0.1) is 28.0 Å². The summed E-state index contributed by atoms with van der Waals surface area (Å²) in [5, 5.41) is 1.28. The predicted molar refractivity (Wildman–Crippen MR) is 82.6 cm³/mol. The molecule has 1 aromatic carbocycles. The SMILES string of the molecule is CCOCc1nc(-c2cccc(Cl)c2Cl)c(C)nc1Cl. The van der Waals surface area contributed by atoms with Gasteiger partial charge >= 0.3 is 0 Å². The predicted octanol–water partition coefficient (Wildman–Crippen LogP) is 4.95. The average molecular weight is 332 g/mol. The van der Waals surface area contributed by atoms with Gasteiger partial charge in [-0.3, -0.25) is 0 Å². The van der Waals surface area contributed by atoms with Gasteiger partial charge in [0.15, 0.2) is 5.15 Å². The monoisotopic (exact) mass is 330 g/mol. The summed E-state index contributed by atoms with van der Waals surface area (Å²) in [6.45, 7) is 4.63. The Labute approximate surface area is 132 Å². The van der Waals surface area contributed by atoms with E-state index in [4.69, 9.17) is 39.5 Å². The van der Waals surface area contributed by atoms with Gasteiger partial charge in [-0.1, -0.05) is 46.9 Å². The number of aryl methyl sites for hydroxylation is 1. The average Bonchev–Trinajstić information content (AvgIpc) is 2.41. The molecule has 0 aliphatic carbocycles. The van der Waals surface area contributed by atoms with E-state index in [2.05, 4.69) is 9.97 Å². The smallest absolute Gasteiger partial charge is 0.153 e. The third-order valence-corrected chi connectivity index (χ3v) is 3.86. The molecule has 2 aromatic rings. The van der Waals surface area contributed by atoms with Crippen molar-refractivity contribution in [3.8, 4) is 11.3 Å². The van der Waals surface area contributed by atoms with Gasteiger partial charge in [0.25, 0.3) is 0 Å². The normalized spacial score (nSPS) is 10.8. The van der Waals surface area contributed by atoms with Gasteiger partial charge in [0, 0.05) is 12.2 Å². The van der Waals surface area contributed by atoms with Crippen molar-refractivity contribution >= 4 is 34.8 Å². The molecule has 0 amide bonds. The van der Waals surface area contributed by atoms with Crippen molar-refractivity contribution in [1.82, 2.24) is 9.97 Å². The molecule has 6 heteroatoms. The van der Waals surface area contributed by atoms with Crippen molar-refractivity contribution in [1.29, 1.82) is 0 Å². The first kappa shape index (κ1) is 15.5. The van der Waals surface area contributed by atoms with Crippen LogP contribution in [-0.2, 0) is 11.3 Å². The Morgan fingerprint density at radius 1 is 1.15 bits per heavy atom. The molecular weight excluding hydrogens is 319 g/mol. The van der Waals surface area contributed by atoms with E-state index in [1.54, 1.807) is 6.07 Å². The summed E-state index contributed by atoms with van der Waals surface area (Å²) in [4.78, 5) is 8.81. The van der Waals surface area contributed by atoms with Crippen LogP contribution < -0.4 is 0 Å². The molecule has 20 heavy (non-hydrogen) atoms. The van der Waals surface area contributed by atoms with Gasteiger partial charge in [-0.2, -0.15) is 0 Å². The first-order valence-corrected chi connectivity index (χ1v) is 7.23. The summed E-state index contributed by atoms with van der Waals surface area (Å²) < 4.78 is 5.34. The lowest BCUT2D eigenvalue weighted by Gasteiger charge is -2.11. The Kier molecular flexibility index (Phi) is 5.22. The highest BCUT2D eigenvalue weighted by Crippen LogP contribution is 2.34. The molecule has 0 atom stereocenters. The number of aromatic nitrogens is 2. The van der Waals surface area contributed by atoms with Crippen LogP contribution in [-0.4, -0.2) is 16.6 Å². The fraction of sp³-hybridized carbons (Fsp3) is 0.286. The van der Waals surface area contributed by atoms with Crippen molar-refractivity contribution in [2.45, 2.75) is 20.5 Å². The summed E-state index contributed by atoms with van der Waals surface area (Å²) in [5.74, 6) is 0. The van der Waals surface area contributed by atoms with Crippen molar-refractivity contribution in [2.24, 2.45) is 0 Å². The molecule has 0 saturated heterocycles. The lowest BCUT2D eigenvalue weighted by molar-refractivity contribution is 0.131. The van der Waals surface area contributed by atoms with Crippen LogP contribution in [0.3, 0.4) is 0 Å². The molecular formula is C14H13Cl3N2O. The van der Waals surface area contributed by atoms with Crippen LogP contribution in [0.5, 0.6) is 0 Å². The molecule has 0 spiro atoms. The van der Waals surface area contributed by atoms with Crippen LogP contribution in [0.25, 0.3) is 11.3 Å². The van der Waals surface area contributed by atoms with Crippen molar-refractivity contribution in [2.75, 3.05) is 6.61 Å². The first-order valence-electron chi connectivity index (χ1n) is 6.09. The molecule has 0 saturated carbocycles. The molecule has 0 aliphatic rings. The number of halogens is 3. The van der Waals surface area contributed by atoms with Crippen LogP contribution in [0.15, 0.2) is 18.2 Å². The number of hydrogen-bond donors (Lipinski definition) is 0. The fourth-order valence-corrected chi connectivity index (χ4v) is 2.37. The quantitative estimate of drug-likeness (QED) is 0.795. The minimum absolute atomic E-state index is 0.313. The fourth-order valence-electron chi connectivity index (χ4n) is 1.76. The molecule has 0 bridgehead atoms. The Morgan fingerprint density at radius 3 is 2.60 bits per heavy atom. The minimum Gasteiger partial charge on any atom is -0.375 e. The Hall–Kier alpha value is -0.870. The van der Waals surface area contributed by atoms with Gasteiger partial charge in [-0.05, 0) is 19.9 Å². The number of nitrogens with zero attached hydrogens (tertiary/aromatic N) is 2. The van der Waals surface area contributed by atoms with Gasteiger partial charge in [0.1, 0.15) is 5.69 Å². The molecule has 0 fully saturated rings. The van der Waals surface area contributed by atoms with Crippen LogP contribution in [0.1, 0.15) is 18.3 Å². The Balaban J connectivity index is 2.53. The van der Waals surface area contributed by atoms with E-state index in [9.17, 15) is 0 Å². The highest BCUT2D eigenvalue weighted by molar-refractivity contribution is 6.43. The second kappa shape index (κ2) is 6.72. The van der Waals surface area contributed by atoms with Crippen molar-refractivity contribution in [3.63, 3.8) is 0 Å². The van der Waals surface area contributed by atoms with Crippen LogP contribution in [0.2, 0.25) is 15.2 Å². The summed E-state index contributed by atoms with van der Waals surface area (Å²) in [5.41, 5.74) is 2.68. The van der Waals surface area contributed by atoms with Crippen LogP contribution in [0, 0.1) is 6.92 Å². The van der Waals surface area contributed by atoms with Crippen molar-refractivity contribution in [3.05, 3.63) is 44.8 Å². The molecule has 1 heterocycles. The highest BCUT2D eigenvalue weighted by Gasteiger charge is 2.15. The molecule has 2 rings (SSSR count). The largest absolute Gasteiger partial charge is 0.375 e. The zero-order chi connectivity index (χ0) is 14.7. The van der Waals surface area contributed by atoms with Gasteiger partial charge in [0.2, 0.25) is 0 Å². The Bertz CT molecular complexity index is 632. The maximum atomic E-state index is 6.23. The topological polar surface area (TPSA) is 35.0 Å². The van der Waals surface area contributed by atoms with Crippen molar-refractivity contribution < 1.29 is 4.74 Å². The zero-order valence-electron chi connectivity index (χ0n) is 11.1. The van der Waals surface area contributed by atoms with E-state index >= 15 is 0 Å². The number of rotatable bonds is 4. The van der Waals surface area contributed by atoms with Gasteiger partial charge in [-0.25, -0.2) is 9.97 Å². The van der Waals surface area contributed by atoms with Crippen LogP contribution in [0.4, 0.5) is 0 Å². The minimum atomic E-state index is 0.313. The lowest BCUT2D eigenvalue weighted by Crippen LogP contribution is -2.03. The molecule has 0 aliphatic heterocycles. The standard InChI is InChI=1S/C14H13Cl3N2O/c1-3-20-7-11-14(17)18-8(2)13(19-11)9-5-4-6-10(15)12(9)16/h4-6H,3,7H2,1-2H3. The molecule has 3 nitrogen and oxygen atoms in total. The van der Waals surface area contributed by atoms with E-state index in [0.717, 1.165) is 5.56 Å². The van der Waals surface area contributed by atoms with E-state index in [0.29, 0.717) is 45.5 Å². The number of benzene rings is 1. The molecule has 0 unspecified atom stereocenters. The third kappa shape index (κ3) is 3.23. The molecule has 106 valence electrons. The zero-order valence-corrected chi connectivity index (χ0v) is 13.4. The third-order valence-electron chi connectivity index (χ3n) is 2.74. The summed E-state index contributed by atoms with van der Waals surface area (Å²) in [6.07, 6.45) is 0. The maximum absolute atomic E-state index is 6.23. The molecule has 0 radical (unpaired) electrons. The Morgan fingerprint density at radius 2 is 1.90 bits per heavy atom. The van der Waals surface area contributed by atoms with E-state index in [1.165, 1.54) is 0 Å². The second-order valence-corrected chi connectivity index (χ2v) is 5.28. The summed E-state index contributed by atoms with van der Waals surface area (Å²) in [7, 11) is 0. The second-order valence-electron chi connectivity index (χ2n) is 4.13.